The number of hydrogen-bond acceptors (Lipinski definition) is 4. The second-order valence-electron chi connectivity index (χ2n) is 6.07. The second-order valence-corrected chi connectivity index (χ2v) is 6.95. The zero-order valence-electron chi connectivity index (χ0n) is 14.6. The van der Waals surface area contributed by atoms with E-state index in [0.717, 1.165) is 0 Å². The van der Waals surface area contributed by atoms with Crippen LogP contribution in [-0.2, 0) is 4.79 Å². The van der Waals surface area contributed by atoms with Crippen molar-refractivity contribution in [3.63, 3.8) is 0 Å². The van der Waals surface area contributed by atoms with E-state index < -0.39 is 12.6 Å². The molecule has 1 amide bonds. The van der Waals surface area contributed by atoms with Crippen molar-refractivity contribution in [2.45, 2.75) is 44.5 Å². The molecule has 0 saturated heterocycles. The van der Waals surface area contributed by atoms with E-state index in [2.05, 4.69) is 22.7 Å². The first-order chi connectivity index (χ1) is 12.2. The third kappa shape index (κ3) is 5.76. The van der Waals surface area contributed by atoms with Crippen molar-refractivity contribution >= 4 is 24.2 Å². The van der Waals surface area contributed by atoms with Gasteiger partial charge in [-0.25, -0.2) is 4.68 Å². The number of amides is 1. The van der Waals surface area contributed by atoms with Crippen LogP contribution in [0.4, 0.5) is 18.9 Å². The summed E-state index contributed by atoms with van der Waals surface area (Å²) in [5, 5.41) is 4.17. The molecule has 142 valence electrons. The Hall–Kier alpha value is -2.03. The van der Waals surface area contributed by atoms with Gasteiger partial charge < -0.3 is 4.90 Å². The van der Waals surface area contributed by atoms with E-state index in [9.17, 15) is 18.0 Å². The highest BCUT2D eigenvalue weighted by Gasteiger charge is 2.28. The van der Waals surface area contributed by atoms with E-state index in [0.29, 0.717) is 17.1 Å². The van der Waals surface area contributed by atoms with Crippen molar-refractivity contribution in [3.8, 4) is 5.69 Å². The van der Waals surface area contributed by atoms with Gasteiger partial charge in [-0.15, -0.1) is 0 Å². The largest absolute Gasteiger partial charge is 0.389 e. The molecule has 2 aromatic heterocycles. The number of carbonyl (C=O) groups excluding carboxylic acids is 1. The van der Waals surface area contributed by atoms with Gasteiger partial charge in [0.2, 0.25) is 5.91 Å². The third-order valence-corrected chi connectivity index (χ3v) is 3.87. The monoisotopic (exact) mass is 386 g/mol. The minimum Gasteiger partial charge on any atom is -0.309 e. The lowest BCUT2D eigenvalue weighted by atomic mass is 10.2. The molecule has 0 saturated carbocycles. The lowest BCUT2D eigenvalue weighted by Crippen LogP contribution is -2.34. The summed E-state index contributed by atoms with van der Waals surface area (Å²) in [4.78, 5) is 17.9. The first-order valence-corrected chi connectivity index (χ1v) is 8.71. The highest BCUT2D eigenvalue weighted by atomic mass is 32.1. The molecular weight excluding hydrogens is 365 g/mol. The van der Waals surface area contributed by atoms with Crippen LogP contribution in [-0.4, -0.2) is 38.6 Å². The number of rotatable bonds is 7. The van der Waals surface area contributed by atoms with Crippen LogP contribution in [0.15, 0.2) is 30.7 Å². The Labute approximate surface area is 155 Å². The minimum absolute atomic E-state index is 0.0294. The Morgan fingerprint density at radius 3 is 2.73 bits per heavy atom. The number of hydrogen-bond donors (Lipinski definition) is 1. The van der Waals surface area contributed by atoms with Crippen molar-refractivity contribution in [3.05, 3.63) is 36.4 Å². The molecule has 2 heterocycles. The summed E-state index contributed by atoms with van der Waals surface area (Å²) in [5.41, 5.74) is 1.75. The molecule has 1 atom stereocenters. The van der Waals surface area contributed by atoms with Gasteiger partial charge in [0.1, 0.15) is 0 Å². The Morgan fingerprint density at radius 1 is 1.42 bits per heavy atom. The Morgan fingerprint density at radius 2 is 2.15 bits per heavy atom. The summed E-state index contributed by atoms with van der Waals surface area (Å²) in [7, 11) is 0. The predicted molar refractivity (Wildman–Crippen MR) is 96.8 cm³/mol. The predicted octanol–water partition coefficient (Wildman–Crippen LogP) is 3.96. The van der Waals surface area contributed by atoms with Crippen LogP contribution in [0.25, 0.3) is 5.69 Å². The van der Waals surface area contributed by atoms with Gasteiger partial charge >= 0.3 is 6.18 Å². The summed E-state index contributed by atoms with van der Waals surface area (Å²) in [6, 6.07) is 3.55. The smallest absolute Gasteiger partial charge is 0.309 e. The van der Waals surface area contributed by atoms with E-state index in [4.69, 9.17) is 0 Å². The van der Waals surface area contributed by atoms with Crippen LogP contribution in [0.2, 0.25) is 0 Å². The van der Waals surface area contributed by atoms with Crippen molar-refractivity contribution in [1.82, 2.24) is 14.8 Å². The van der Waals surface area contributed by atoms with Gasteiger partial charge in [-0.1, -0.05) is 6.92 Å². The molecule has 9 heteroatoms. The summed E-state index contributed by atoms with van der Waals surface area (Å²) in [6.07, 6.45) is -0.353. The topological polar surface area (TPSA) is 51.0 Å². The molecule has 5 nitrogen and oxygen atoms in total. The number of carbonyl (C=O) groups is 1. The third-order valence-electron chi connectivity index (χ3n) is 3.69. The molecule has 0 aromatic carbocycles. The average molecular weight is 386 g/mol. The van der Waals surface area contributed by atoms with Gasteiger partial charge in [-0.2, -0.15) is 30.9 Å². The Bertz CT molecular complexity index is 731. The maximum Gasteiger partial charge on any atom is 0.389 e. The van der Waals surface area contributed by atoms with Crippen LogP contribution in [0, 0.1) is 6.92 Å². The molecule has 26 heavy (non-hydrogen) atoms. The van der Waals surface area contributed by atoms with Gasteiger partial charge in [-0.05, 0) is 25.5 Å². The molecule has 2 aromatic rings. The fourth-order valence-corrected chi connectivity index (χ4v) is 2.67. The molecule has 0 bridgehead atoms. The SMILES string of the molecule is Cc1nn(-c2cccnc2)cc1N(CCCC(F)(F)F)C(=O)CC(C)S. The zero-order chi connectivity index (χ0) is 19.3. The lowest BCUT2D eigenvalue weighted by Gasteiger charge is -2.23. The van der Waals surface area contributed by atoms with E-state index in [-0.39, 0.29) is 30.5 Å². The Kier molecular flexibility index (Phi) is 6.69. The Balaban J connectivity index is 2.26. The number of aryl methyl sites for hydroxylation is 1. The minimum atomic E-state index is -4.25. The molecule has 0 aliphatic rings. The molecule has 2 rings (SSSR count). The van der Waals surface area contributed by atoms with Crippen LogP contribution in [0.3, 0.4) is 0 Å². The summed E-state index contributed by atoms with van der Waals surface area (Å²) < 4.78 is 39.0. The van der Waals surface area contributed by atoms with Crippen molar-refractivity contribution < 1.29 is 18.0 Å². The highest BCUT2D eigenvalue weighted by molar-refractivity contribution is 7.80. The van der Waals surface area contributed by atoms with Crippen LogP contribution in [0.5, 0.6) is 0 Å². The maximum absolute atomic E-state index is 12.6. The fourth-order valence-electron chi connectivity index (χ4n) is 2.52. The first kappa shape index (κ1) is 20.3. The van der Waals surface area contributed by atoms with Gasteiger partial charge in [0.05, 0.1) is 29.5 Å². The van der Waals surface area contributed by atoms with Crippen molar-refractivity contribution in [2.75, 3.05) is 11.4 Å². The standard InChI is InChI=1S/C17H21F3N4OS/c1-12(26)9-16(25)23(8-4-6-17(18,19)20)15-11-24(22-13(15)2)14-5-3-7-21-10-14/h3,5,7,10-12,26H,4,6,8-9H2,1-2H3. The lowest BCUT2D eigenvalue weighted by molar-refractivity contribution is -0.135. The van der Waals surface area contributed by atoms with Crippen molar-refractivity contribution in [2.24, 2.45) is 0 Å². The number of thiol groups is 1. The number of pyridine rings is 1. The van der Waals surface area contributed by atoms with E-state index in [1.165, 1.54) is 4.90 Å². The van der Waals surface area contributed by atoms with Crippen molar-refractivity contribution in [1.29, 1.82) is 0 Å². The summed E-state index contributed by atoms with van der Waals surface area (Å²) >= 11 is 4.21. The van der Waals surface area contributed by atoms with Crippen LogP contribution < -0.4 is 4.90 Å². The average Bonchev–Trinajstić information content (AvgIpc) is 2.92. The first-order valence-electron chi connectivity index (χ1n) is 8.19. The quantitative estimate of drug-likeness (QED) is 0.733. The molecule has 1 unspecified atom stereocenters. The molecule has 0 radical (unpaired) electrons. The fraction of sp³-hybridized carbons (Fsp3) is 0.471. The highest BCUT2D eigenvalue weighted by Crippen LogP contribution is 2.26. The number of nitrogens with zero attached hydrogens (tertiary/aromatic N) is 4. The summed E-state index contributed by atoms with van der Waals surface area (Å²) in [5.74, 6) is -0.275. The van der Waals surface area contributed by atoms with Gasteiger partial charge in [-0.3, -0.25) is 9.78 Å². The van der Waals surface area contributed by atoms with Crippen LogP contribution in [0.1, 0.15) is 31.9 Å². The molecule has 0 spiro atoms. The van der Waals surface area contributed by atoms with E-state index >= 15 is 0 Å². The molecule has 0 aliphatic heterocycles. The summed E-state index contributed by atoms with van der Waals surface area (Å²) in [6.45, 7) is 3.45. The van der Waals surface area contributed by atoms with Gasteiger partial charge in [0.15, 0.2) is 0 Å². The van der Waals surface area contributed by atoms with Gasteiger partial charge in [0.25, 0.3) is 0 Å². The van der Waals surface area contributed by atoms with Crippen LogP contribution >= 0.6 is 12.6 Å². The second kappa shape index (κ2) is 8.57. The number of anilines is 1. The normalized spacial score (nSPS) is 12.8. The van der Waals surface area contributed by atoms with E-state index in [1.54, 1.807) is 49.3 Å². The van der Waals surface area contributed by atoms with E-state index in [1.807, 2.05) is 0 Å². The molecule has 0 N–H and O–H groups in total. The number of alkyl halides is 3. The number of halogens is 3. The number of aromatic nitrogens is 3. The zero-order valence-corrected chi connectivity index (χ0v) is 15.5. The molecule has 0 fully saturated rings. The molecular formula is C17H21F3N4OS. The maximum atomic E-state index is 12.6. The van der Waals surface area contributed by atoms with Gasteiger partial charge in [0, 0.05) is 30.8 Å². The molecule has 0 aliphatic carbocycles.